The number of rotatable bonds is 4. The average molecular weight is 245 g/mol. The average Bonchev–Trinajstić information content (AvgIpc) is 2.26. The fraction of sp³-hybridized carbons (Fsp3) is 0.364. The van der Waals surface area contributed by atoms with Gasteiger partial charge in [0.05, 0.1) is 17.5 Å². The van der Waals surface area contributed by atoms with Crippen LogP contribution in [-0.4, -0.2) is 33.3 Å². The van der Waals surface area contributed by atoms with E-state index in [4.69, 9.17) is 16.7 Å². The quantitative estimate of drug-likeness (QED) is 0.699. The minimum absolute atomic E-state index is 0.0170. The van der Waals surface area contributed by atoms with Crippen LogP contribution < -0.4 is 0 Å². The van der Waals surface area contributed by atoms with Crippen molar-refractivity contribution in [3.8, 4) is 0 Å². The zero-order chi connectivity index (χ0) is 12.3. The molecule has 0 bridgehead atoms. The van der Waals surface area contributed by atoms with Crippen LogP contribution in [0.15, 0.2) is 18.2 Å². The third-order valence-corrected chi connectivity index (χ3v) is 2.69. The molecule has 0 aliphatic rings. The van der Waals surface area contributed by atoms with E-state index in [-0.39, 0.29) is 17.0 Å². The van der Waals surface area contributed by atoms with E-state index < -0.39 is 18.2 Å². The predicted octanol–water partition coefficient (Wildman–Crippen LogP) is 1.33. The molecule has 0 saturated carbocycles. The summed E-state index contributed by atoms with van der Waals surface area (Å²) < 4.78 is 0. The highest BCUT2D eigenvalue weighted by molar-refractivity contribution is 6.18. The maximum atomic E-state index is 11.0. The number of carboxylic acids is 1. The SMILES string of the molecule is Cc1cccc(C(=O)O)c1C(O)C(O)CCl. The fourth-order valence-electron chi connectivity index (χ4n) is 1.54. The van der Waals surface area contributed by atoms with Gasteiger partial charge in [0.2, 0.25) is 0 Å². The van der Waals surface area contributed by atoms with Gasteiger partial charge < -0.3 is 15.3 Å². The number of hydrogen-bond donors (Lipinski definition) is 3. The summed E-state index contributed by atoms with van der Waals surface area (Å²) in [6, 6.07) is 4.64. The van der Waals surface area contributed by atoms with E-state index in [2.05, 4.69) is 0 Å². The number of alkyl halides is 1. The second-order valence-corrected chi connectivity index (χ2v) is 3.82. The molecule has 1 rings (SSSR count). The van der Waals surface area contributed by atoms with Gasteiger partial charge in [0.1, 0.15) is 6.10 Å². The molecule has 4 nitrogen and oxygen atoms in total. The molecule has 0 heterocycles. The molecule has 0 saturated heterocycles. The monoisotopic (exact) mass is 244 g/mol. The minimum atomic E-state index is -1.29. The van der Waals surface area contributed by atoms with Crippen molar-refractivity contribution in [2.75, 3.05) is 5.88 Å². The molecule has 88 valence electrons. The first kappa shape index (κ1) is 13.0. The maximum Gasteiger partial charge on any atom is 0.336 e. The van der Waals surface area contributed by atoms with E-state index in [0.717, 1.165) is 0 Å². The van der Waals surface area contributed by atoms with Crippen LogP contribution >= 0.6 is 11.6 Å². The Labute approximate surface area is 98.1 Å². The van der Waals surface area contributed by atoms with Crippen LogP contribution in [0.3, 0.4) is 0 Å². The highest BCUT2D eigenvalue weighted by atomic mass is 35.5. The number of aryl methyl sites for hydroxylation is 1. The minimum Gasteiger partial charge on any atom is -0.478 e. The number of carboxylic acid groups (broad SMARTS) is 1. The van der Waals surface area contributed by atoms with Gasteiger partial charge in [0.25, 0.3) is 0 Å². The van der Waals surface area contributed by atoms with Crippen LogP contribution in [0.1, 0.15) is 27.6 Å². The molecule has 0 radical (unpaired) electrons. The molecule has 1 aromatic carbocycles. The molecule has 16 heavy (non-hydrogen) atoms. The van der Waals surface area contributed by atoms with Crippen molar-refractivity contribution in [1.29, 1.82) is 0 Å². The number of aromatic carboxylic acids is 1. The number of carbonyl (C=O) groups is 1. The molecule has 5 heteroatoms. The Morgan fingerprint density at radius 1 is 1.44 bits per heavy atom. The number of hydrogen-bond acceptors (Lipinski definition) is 3. The van der Waals surface area contributed by atoms with Crippen molar-refractivity contribution in [2.24, 2.45) is 0 Å². The lowest BCUT2D eigenvalue weighted by Gasteiger charge is -2.19. The van der Waals surface area contributed by atoms with Gasteiger partial charge >= 0.3 is 5.97 Å². The van der Waals surface area contributed by atoms with Crippen molar-refractivity contribution in [1.82, 2.24) is 0 Å². The van der Waals surface area contributed by atoms with Crippen LogP contribution in [0.5, 0.6) is 0 Å². The second kappa shape index (κ2) is 5.30. The molecule has 1 aromatic rings. The summed E-state index contributed by atoms with van der Waals surface area (Å²) in [4.78, 5) is 11.0. The lowest BCUT2D eigenvalue weighted by Crippen LogP contribution is -2.22. The topological polar surface area (TPSA) is 77.8 Å². The molecule has 3 N–H and O–H groups in total. The van der Waals surface area contributed by atoms with Gasteiger partial charge in [-0.05, 0) is 18.6 Å². The molecule has 2 unspecified atom stereocenters. The van der Waals surface area contributed by atoms with Gasteiger partial charge in [-0.25, -0.2) is 4.79 Å². The summed E-state index contributed by atoms with van der Waals surface area (Å²) in [6.45, 7) is 1.67. The van der Waals surface area contributed by atoms with E-state index in [1.807, 2.05) is 0 Å². The smallest absolute Gasteiger partial charge is 0.336 e. The van der Waals surface area contributed by atoms with Crippen LogP contribution in [0.25, 0.3) is 0 Å². The number of halogens is 1. The zero-order valence-corrected chi connectivity index (χ0v) is 9.48. The standard InChI is InChI=1S/C11H13ClO4/c1-6-3-2-4-7(11(15)16)9(6)10(14)8(13)5-12/h2-4,8,10,13-14H,5H2,1H3,(H,15,16). The van der Waals surface area contributed by atoms with Crippen LogP contribution in [0.2, 0.25) is 0 Å². The molecule has 0 aliphatic carbocycles. The summed E-state index contributed by atoms with van der Waals surface area (Å²) in [5.41, 5.74) is 0.802. The van der Waals surface area contributed by atoms with Gasteiger partial charge in [0.15, 0.2) is 0 Å². The van der Waals surface area contributed by atoms with Gasteiger partial charge in [-0.1, -0.05) is 12.1 Å². The zero-order valence-electron chi connectivity index (χ0n) is 8.72. The fourth-order valence-corrected chi connectivity index (χ4v) is 1.71. The van der Waals surface area contributed by atoms with E-state index in [1.165, 1.54) is 6.07 Å². The van der Waals surface area contributed by atoms with E-state index >= 15 is 0 Å². The van der Waals surface area contributed by atoms with Crippen molar-refractivity contribution < 1.29 is 20.1 Å². The molecule has 0 fully saturated rings. The Morgan fingerprint density at radius 3 is 2.56 bits per heavy atom. The summed E-state index contributed by atoms with van der Waals surface area (Å²) in [7, 11) is 0. The Hall–Kier alpha value is -1.10. The normalized spacial score (nSPS) is 14.5. The summed E-state index contributed by atoms with van der Waals surface area (Å²) in [6.07, 6.45) is -2.47. The molecular formula is C11H13ClO4. The van der Waals surface area contributed by atoms with Crippen molar-refractivity contribution in [2.45, 2.75) is 19.1 Å². The van der Waals surface area contributed by atoms with Crippen molar-refractivity contribution >= 4 is 17.6 Å². The summed E-state index contributed by atoms with van der Waals surface area (Å²) in [5.74, 6) is -1.30. The third-order valence-electron chi connectivity index (χ3n) is 2.37. The predicted molar refractivity (Wildman–Crippen MR) is 59.8 cm³/mol. The molecule has 0 amide bonds. The van der Waals surface area contributed by atoms with Crippen LogP contribution in [0, 0.1) is 6.92 Å². The van der Waals surface area contributed by atoms with Gasteiger partial charge in [-0.3, -0.25) is 0 Å². The second-order valence-electron chi connectivity index (χ2n) is 3.51. The van der Waals surface area contributed by atoms with Crippen molar-refractivity contribution in [3.05, 3.63) is 34.9 Å². The number of aliphatic hydroxyl groups excluding tert-OH is 2. The highest BCUT2D eigenvalue weighted by Crippen LogP contribution is 2.25. The Balaban J connectivity index is 3.24. The van der Waals surface area contributed by atoms with E-state index in [0.29, 0.717) is 5.56 Å². The first-order valence-corrected chi connectivity index (χ1v) is 5.27. The van der Waals surface area contributed by atoms with Crippen molar-refractivity contribution in [3.63, 3.8) is 0 Å². The maximum absolute atomic E-state index is 11.0. The highest BCUT2D eigenvalue weighted by Gasteiger charge is 2.24. The van der Waals surface area contributed by atoms with E-state index in [9.17, 15) is 15.0 Å². The van der Waals surface area contributed by atoms with Gasteiger partial charge in [-0.15, -0.1) is 11.6 Å². The summed E-state index contributed by atoms with van der Waals surface area (Å²) >= 11 is 5.42. The molecule has 0 aromatic heterocycles. The molecule has 2 atom stereocenters. The molecule has 0 spiro atoms. The molecule has 0 aliphatic heterocycles. The first-order chi connectivity index (χ1) is 7.49. The van der Waals surface area contributed by atoms with Crippen LogP contribution in [0.4, 0.5) is 0 Å². The number of aliphatic hydroxyl groups is 2. The number of benzene rings is 1. The van der Waals surface area contributed by atoms with Gasteiger partial charge in [-0.2, -0.15) is 0 Å². The molecular weight excluding hydrogens is 232 g/mol. The Bertz CT molecular complexity index is 392. The third kappa shape index (κ3) is 2.52. The Morgan fingerprint density at radius 2 is 2.06 bits per heavy atom. The lowest BCUT2D eigenvalue weighted by molar-refractivity contribution is 0.0309. The lowest BCUT2D eigenvalue weighted by atomic mass is 9.94. The summed E-state index contributed by atoms with van der Waals surface area (Å²) in [5, 5.41) is 28.2. The Kier molecular flexibility index (Phi) is 4.29. The largest absolute Gasteiger partial charge is 0.478 e. The van der Waals surface area contributed by atoms with E-state index in [1.54, 1.807) is 19.1 Å². The van der Waals surface area contributed by atoms with Gasteiger partial charge in [0, 0.05) is 5.56 Å². The first-order valence-electron chi connectivity index (χ1n) is 4.74. The van der Waals surface area contributed by atoms with Crippen LogP contribution in [-0.2, 0) is 0 Å².